The lowest BCUT2D eigenvalue weighted by Gasteiger charge is -2.41. The Bertz CT molecular complexity index is 700. The molecule has 3 rings (SSSR count). The summed E-state index contributed by atoms with van der Waals surface area (Å²) in [6, 6.07) is 8.21. The molecule has 2 fully saturated rings. The fraction of sp³-hybridized carbons (Fsp3) is 0.591. The molecule has 0 spiro atoms. The van der Waals surface area contributed by atoms with E-state index < -0.39 is 12.1 Å². The van der Waals surface area contributed by atoms with Crippen LogP contribution in [0.5, 0.6) is 0 Å². The first-order valence-electron chi connectivity index (χ1n) is 10.5. The highest BCUT2D eigenvalue weighted by Crippen LogP contribution is 2.29. The molecule has 0 aromatic heterocycles. The molecule has 1 saturated carbocycles. The largest absolute Gasteiger partial charge is 0.335 e. The normalized spacial score (nSPS) is 21.0. The van der Waals surface area contributed by atoms with E-state index in [0.717, 1.165) is 36.3 Å². The van der Waals surface area contributed by atoms with Crippen molar-refractivity contribution in [3.63, 3.8) is 0 Å². The lowest BCUT2D eigenvalue weighted by Crippen LogP contribution is -2.65. The number of rotatable bonds is 6. The minimum atomic E-state index is -0.716. The summed E-state index contributed by atoms with van der Waals surface area (Å²) in [5.74, 6) is -0.0444. The molecular formula is C22H31N3O3. The van der Waals surface area contributed by atoms with E-state index in [-0.39, 0.29) is 24.3 Å². The number of anilines is 1. The number of benzene rings is 1. The number of hydrogen-bond acceptors (Lipinski definition) is 3. The van der Waals surface area contributed by atoms with Gasteiger partial charge < -0.3 is 10.2 Å². The van der Waals surface area contributed by atoms with Crippen molar-refractivity contribution in [2.45, 2.75) is 70.4 Å². The molecule has 1 aliphatic heterocycles. The van der Waals surface area contributed by atoms with Crippen LogP contribution in [0.1, 0.15) is 58.3 Å². The number of imide groups is 1. The molecule has 28 heavy (non-hydrogen) atoms. The maximum atomic E-state index is 12.9. The van der Waals surface area contributed by atoms with Crippen molar-refractivity contribution in [3.05, 3.63) is 30.3 Å². The van der Waals surface area contributed by atoms with Gasteiger partial charge in [0.05, 0.1) is 6.42 Å². The van der Waals surface area contributed by atoms with Gasteiger partial charge in [-0.05, 0) is 37.3 Å². The number of likely N-dealkylation sites (N-methyl/N-ethyl adjacent to an activating group) is 1. The number of carbonyl (C=O) groups is 3. The van der Waals surface area contributed by atoms with E-state index in [1.54, 1.807) is 7.05 Å². The molecular weight excluding hydrogens is 354 g/mol. The second-order valence-electron chi connectivity index (χ2n) is 7.96. The summed E-state index contributed by atoms with van der Waals surface area (Å²) in [5.41, 5.74) is 0.748. The Hall–Kier alpha value is -2.37. The Morgan fingerprint density at radius 1 is 1.18 bits per heavy atom. The molecule has 1 heterocycles. The summed E-state index contributed by atoms with van der Waals surface area (Å²) in [7, 11) is 1.68. The molecule has 152 valence electrons. The number of β-lactam (4-membered cyclic amide) rings is 1. The SMILES string of the molecule is CCCC(NC(=O)N1C(=O)CC1C(=O)N(C)c1ccccc1)C1CCCCC1. The summed E-state index contributed by atoms with van der Waals surface area (Å²) < 4.78 is 0. The third-order valence-corrected chi connectivity index (χ3v) is 6.05. The molecule has 2 aliphatic rings. The Balaban J connectivity index is 1.65. The van der Waals surface area contributed by atoms with Crippen LogP contribution in [0.2, 0.25) is 0 Å². The number of nitrogens with one attached hydrogen (secondary N) is 1. The number of amides is 4. The average molecular weight is 386 g/mol. The van der Waals surface area contributed by atoms with Gasteiger partial charge in [0.25, 0.3) is 5.91 Å². The van der Waals surface area contributed by atoms with Crippen LogP contribution in [0.15, 0.2) is 30.3 Å². The van der Waals surface area contributed by atoms with Crippen LogP contribution in [0.4, 0.5) is 10.5 Å². The van der Waals surface area contributed by atoms with Crippen molar-refractivity contribution in [2.75, 3.05) is 11.9 Å². The van der Waals surface area contributed by atoms with Crippen LogP contribution in [0.25, 0.3) is 0 Å². The standard InChI is InChI=1S/C22H31N3O3/c1-3-10-18(16-11-6-4-7-12-16)23-22(28)25-19(15-20(25)26)21(27)24(2)17-13-8-5-9-14-17/h5,8-9,13-14,16,18-19H,3-4,6-7,10-12,15H2,1-2H3,(H,23,28). The average Bonchev–Trinajstić information content (AvgIpc) is 2.71. The zero-order valence-corrected chi connectivity index (χ0v) is 16.9. The number of hydrogen-bond donors (Lipinski definition) is 1. The minimum absolute atomic E-state index is 0.0776. The maximum Gasteiger partial charge on any atom is 0.325 e. The van der Waals surface area contributed by atoms with Gasteiger partial charge in [0.2, 0.25) is 5.91 Å². The van der Waals surface area contributed by atoms with E-state index in [2.05, 4.69) is 12.2 Å². The van der Waals surface area contributed by atoms with E-state index in [1.165, 1.54) is 24.2 Å². The molecule has 1 N–H and O–H groups in total. The summed E-state index contributed by atoms with van der Waals surface area (Å²) in [6.45, 7) is 2.11. The number of urea groups is 1. The summed E-state index contributed by atoms with van der Waals surface area (Å²) in [6.07, 6.45) is 7.88. The molecule has 4 amide bonds. The first-order valence-corrected chi connectivity index (χ1v) is 10.5. The maximum absolute atomic E-state index is 12.9. The van der Waals surface area contributed by atoms with E-state index >= 15 is 0 Å². The van der Waals surface area contributed by atoms with E-state index in [0.29, 0.717) is 5.92 Å². The van der Waals surface area contributed by atoms with E-state index in [4.69, 9.17) is 0 Å². The Morgan fingerprint density at radius 2 is 1.86 bits per heavy atom. The van der Waals surface area contributed by atoms with Gasteiger partial charge in [-0.2, -0.15) is 0 Å². The fourth-order valence-electron chi connectivity index (χ4n) is 4.37. The van der Waals surface area contributed by atoms with Crippen LogP contribution in [0, 0.1) is 5.92 Å². The van der Waals surface area contributed by atoms with Crippen molar-refractivity contribution in [2.24, 2.45) is 5.92 Å². The van der Waals surface area contributed by atoms with Gasteiger partial charge in [-0.25, -0.2) is 4.79 Å². The van der Waals surface area contributed by atoms with Gasteiger partial charge in [-0.3, -0.25) is 14.5 Å². The highest BCUT2D eigenvalue weighted by molar-refractivity contribution is 6.11. The molecule has 2 unspecified atom stereocenters. The molecule has 6 nitrogen and oxygen atoms in total. The quantitative estimate of drug-likeness (QED) is 0.759. The van der Waals surface area contributed by atoms with Gasteiger partial charge in [0, 0.05) is 18.8 Å². The van der Waals surface area contributed by atoms with Crippen molar-refractivity contribution in [1.29, 1.82) is 0 Å². The highest BCUT2D eigenvalue weighted by atomic mass is 16.2. The number of nitrogens with zero attached hydrogens (tertiary/aromatic N) is 2. The van der Waals surface area contributed by atoms with Crippen LogP contribution < -0.4 is 10.2 Å². The Morgan fingerprint density at radius 3 is 2.46 bits per heavy atom. The predicted octanol–water partition coefficient (Wildman–Crippen LogP) is 3.71. The van der Waals surface area contributed by atoms with Gasteiger partial charge >= 0.3 is 6.03 Å². The third-order valence-electron chi connectivity index (χ3n) is 6.05. The fourth-order valence-corrected chi connectivity index (χ4v) is 4.37. The lowest BCUT2D eigenvalue weighted by atomic mass is 9.82. The van der Waals surface area contributed by atoms with Gasteiger partial charge in [0.1, 0.15) is 6.04 Å². The zero-order chi connectivity index (χ0) is 20.1. The van der Waals surface area contributed by atoms with Crippen molar-refractivity contribution in [1.82, 2.24) is 10.2 Å². The predicted molar refractivity (Wildman–Crippen MR) is 109 cm³/mol. The van der Waals surface area contributed by atoms with E-state index in [1.807, 2.05) is 30.3 Å². The zero-order valence-electron chi connectivity index (χ0n) is 16.9. The van der Waals surface area contributed by atoms with Crippen LogP contribution in [-0.4, -0.2) is 41.9 Å². The molecule has 0 radical (unpaired) electrons. The smallest absolute Gasteiger partial charge is 0.325 e. The second kappa shape index (κ2) is 9.22. The first kappa shape index (κ1) is 20.4. The molecule has 1 aromatic rings. The molecule has 0 bridgehead atoms. The van der Waals surface area contributed by atoms with Gasteiger partial charge in [0.15, 0.2) is 0 Å². The van der Waals surface area contributed by atoms with E-state index in [9.17, 15) is 14.4 Å². The van der Waals surface area contributed by atoms with Gasteiger partial charge in [-0.1, -0.05) is 50.8 Å². The Kier molecular flexibility index (Phi) is 6.70. The number of likely N-dealkylation sites (tertiary alicyclic amines) is 1. The molecule has 2 atom stereocenters. The summed E-state index contributed by atoms with van der Waals surface area (Å²) in [4.78, 5) is 40.5. The number of para-hydroxylation sites is 1. The van der Waals surface area contributed by atoms with Crippen LogP contribution in [-0.2, 0) is 9.59 Å². The molecule has 1 saturated heterocycles. The minimum Gasteiger partial charge on any atom is -0.335 e. The van der Waals surface area contributed by atoms with Crippen molar-refractivity contribution >= 4 is 23.5 Å². The number of carbonyl (C=O) groups excluding carboxylic acids is 3. The van der Waals surface area contributed by atoms with Crippen molar-refractivity contribution < 1.29 is 14.4 Å². The lowest BCUT2D eigenvalue weighted by molar-refractivity contribution is -0.147. The van der Waals surface area contributed by atoms with Crippen molar-refractivity contribution in [3.8, 4) is 0 Å². The van der Waals surface area contributed by atoms with Crippen LogP contribution >= 0.6 is 0 Å². The third kappa shape index (κ3) is 4.37. The molecule has 6 heteroatoms. The summed E-state index contributed by atoms with van der Waals surface area (Å²) >= 11 is 0. The second-order valence-corrected chi connectivity index (χ2v) is 7.96. The van der Waals surface area contributed by atoms with Crippen LogP contribution in [0.3, 0.4) is 0 Å². The first-order chi connectivity index (χ1) is 13.5. The molecule has 1 aromatic carbocycles. The topological polar surface area (TPSA) is 69.7 Å². The Labute approximate surface area is 167 Å². The highest BCUT2D eigenvalue weighted by Gasteiger charge is 2.47. The molecule has 1 aliphatic carbocycles. The summed E-state index contributed by atoms with van der Waals surface area (Å²) in [5, 5.41) is 3.08. The monoisotopic (exact) mass is 385 g/mol. The van der Waals surface area contributed by atoms with Gasteiger partial charge in [-0.15, -0.1) is 0 Å².